The predicted octanol–water partition coefficient (Wildman–Crippen LogP) is 4.83. The second-order valence-corrected chi connectivity index (χ2v) is 8.03. The smallest absolute Gasteiger partial charge is 0.269 e. The molecule has 4 rings (SSSR count). The first-order valence-electron chi connectivity index (χ1n) is 10.1. The third kappa shape index (κ3) is 4.91. The van der Waals surface area contributed by atoms with Crippen molar-refractivity contribution in [1.82, 2.24) is 14.8 Å². The van der Waals surface area contributed by atoms with Crippen LogP contribution in [0.15, 0.2) is 78.0 Å². The van der Waals surface area contributed by atoms with Crippen LogP contribution in [0.4, 0.5) is 5.69 Å². The summed E-state index contributed by atoms with van der Waals surface area (Å²) in [5.41, 5.74) is 1.97. The molecule has 0 bridgehead atoms. The van der Waals surface area contributed by atoms with E-state index in [0.717, 1.165) is 17.0 Å². The van der Waals surface area contributed by atoms with Crippen molar-refractivity contribution >= 4 is 23.2 Å². The van der Waals surface area contributed by atoms with Crippen molar-refractivity contribution in [1.29, 1.82) is 0 Å². The zero-order chi connectivity index (χ0) is 24.1. The van der Waals surface area contributed by atoms with Crippen LogP contribution in [-0.4, -0.2) is 45.4 Å². The van der Waals surface area contributed by atoms with Gasteiger partial charge in [0.05, 0.1) is 24.9 Å². The number of thioether (sulfide) groups is 1. The molecular weight excluding hydrogens is 456 g/mol. The molecule has 0 N–H and O–H groups in total. The van der Waals surface area contributed by atoms with E-state index in [2.05, 4.69) is 10.2 Å². The monoisotopic (exact) mass is 476 g/mol. The molecule has 0 spiro atoms. The van der Waals surface area contributed by atoms with Gasteiger partial charge in [-0.1, -0.05) is 11.8 Å². The lowest BCUT2D eigenvalue weighted by Crippen LogP contribution is -2.05. The Kier molecular flexibility index (Phi) is 6.88. The van der Waals surface area contributed by atoms with Crippen LogP contribution in [0, 0.1) is 10.1 Å². The van der Waals surface area contributed by atoms with Crippen LogP contribution in [0.2, 0.25) is 0 Å². The fraction of sp³-hybridized carbons (Fsp3) is 0.125. The highest BCUT2D eigenvalue weighted by Gasteiger charge is 2.18. The normalized spacial score (nSPS) is 10.6. The number of nitro benzene ring substituents is 1. The number of hydrogen-bond donors (Lipinski definition) is 0. The second kappa shape index (κ2) is 10.2. The Morgan fingerprint density at radius 1 is 0.912 bits per heavy atom. The first-order valence-corrected chi connectivity index (χ1v) is 11.1. The molecule has 0 aliphatic rings. The number of Topliss-reactive ketones (excluding diaryl/α,β-unsaturated/α-hetero) is 1. The lowest BCUT2D eigenvalue weighted by atomic mass is 10.1. The molecule has 0 aliphatic heterocycles. The van der Waals surface area contributed by atoms with Gasteiger partial charge >= 0.3 is 0 Å². The van der Waals surface area contributed by atoms with Crippen LogP contribution in [0.5, 0.6) is 11.5 Å². The highest BCUT2D eigenvalue weighted by Crippen LogP contribution is 2.30. The minimum Gasteiger partial charge on any atom is -0.497 e. The summed E-state index contributed by atoms with van der Waals surface area (Å²) in [7, 11) is 3.20. The molecule has 4 aromatic rings. The third-order valence-electron chi connectivity index (χ3n) is 5.04. The molecule has 172 valence electrons. The van der Waals surface area contributed by atoms with Gasteiger partial charge in [-0.25, -0.2) is 0 Å². The first-order chi connectivity index (χ1) is 16.5. The van der Waals surface area contributed by atoms with Crippen molar-refractivity contribution in [2.75, 3.05) is 20.0 Å². The maximum atomic E-state index is 12.7. The van der Waals surface area contributed by atoms with E-state index < -0.39 is 4.92 Å². The van der Waals surface area contributed by atoms with Crippen LogP contribution < -0.4 is 9.47 Å². The largest absolute Gasteiger partial charge is 0.497 e. The van der Waals surface area contributed by atoms with Gasteiger partial charge in [0.1, 0.15) is 11.5 Å². The Balaban J connectivity index is 1.63. The van der Waals surface area contributed by atoms with E-state index in [4.69, 9.17) is 9.47 Å². The second-order valence-electron chi connectivity index (χ2n) is 7.08. The SMILES string of the molecule is COc1ccc(-c2nnc(SCC(=O)c3ccc([N+](=O)[O-])cc3)n2-c2ccc(OC)cc2)cc1. The van der Waals surface area contributed by atoms with Crippen molar-refractivity contribution in [2.45, 2.75) is 5.16 Å². The van der Waals surface area contributed by atoms with E-state index in [1.165, 1.54) is 36.0 Å². The molecule has 9 nitrogen and oxygen atoms in total. The standard InChI is InChI=1S/C24H20N4O5S/c1-32-20-11-5-17(6-12-20)23-25-26-24(27(23)18-9-13-21(33-2)14-10-18)34-15-22(29)16-3-7-19(8-4-16)28(30)31/h3-14H,15H2,1-2H3. The molecule has 10 heteroatoms. The topological polar surface area (TPSA) is 109 Å². The number of carbonyl (C=O) groups excluding carboxylic acids is 1. The highest BCUT2D eigenvalue weighted by molar-refractivity contribution is 7.99. The summed E-state index contributed by atoms with van der Waals surface area (Å²) in [4.78, 5) is 23.0. The van der Waals surface area contributed by atoms with Crippen LogP contribution in [0.25, 0.3) is 17.1 Å². The lowest BCUT2D eigenvalue weighted by molar-refractivity contribution is -0.384. The van der Waals surface area contributed by atoms with Crippen LogP contribution in [-0.2, 0) is 0 Å². The summed E-state index contributed by atoms with van der Waals surface area (Å²) in [5, 5.41) is 20.1. The number of ketones is 1. The molecule has 0 saturated carbocycles. The molecule has 3 aromatic carbocycles. The number of carbonyl (C=O) groups is 1. The van der Waals surface area contributed by atoms with Gasteiger partial charge in [0.25, 0.3) is 5.69 Å². The highest BCUT2D eigenvalue weighted by atomic mass is 32.2. The molecule has 1 heterocycles. The van der Waals surface area contributed by atoms with E-state index in [9.17, 15) is 14.9 Å². The molecule has 0 amide bonds. The molecule has 1 aromatic heterocycles. The zero-order valence-corrected chi connectivity index (χ0v) is 19.2. The molecule has 0 unspecified atom stereocenters. The Hall–Kier alpha value is -4.18. The Labute approximate surface area is 199 Å². The molecule has 0 atom stereocenters. The van der Waals surface area contributed by atoms with Gasteiger partial charge in [-0.15, -0.1) is 10.2 Å². The van der Waals surface area contributed by atoms with Crippen molar-refractivity contribution in [3.05, 3.63) is 88.5 Å². The minimum absolute atomic E-state index is 0.0624. The van der Waals surface area contributed by atoms with Crippen molar-refractivity contribution in [3.8, 4) is 28.6 Å². The van der Waals surface area contributed by atoms with Gasteiger partial charge < -0.3 is 9.47 Å². The first kappa shape index (κ1) is 23.0. The number of aromatic nitrogens is 3. The summed E-state index contributed by atoms with van der Waals surface area (Å²) in [5.74, 6) is 1.97. The fourth-order valence-corrected chi connectivity index (χ4v) is 4.08. The summed E-state index contributed by atoms with van der Waals surface area (Å²) < 4.78 is 12.4. The zero-order valence-electron chi connectivity index (χ0n) is 18.4. The van der Waals surface area contributed by atoms with Crippen LogP contribution >= 0.6 is 11.8 Å². The summed E-state index contributed by atoms with van der Waals surface area (Å²) in [6, 6.07) is 20.5. The summed E-state index contributed by atoms with van der Waals surface area (Å²) >= 11 is 1.24. The average molecular weight is 477 g/mol. The van der Waals surface area contributed by atoms with Gasteiger partial charge in [-0.2, -0.15) is 0 Å². The molecule has 0 radical (unpaired) electrons. The van der Waals surface area contributed by atoms with Crippen molar-refractivity contribution < 1.29 is 19.2 Å². The maximum Gasteiger partial charge on any atom is 0.269 e. The number of ether oxygens (including phenoxy) is 2. The van der Waals surface area contributed by atoms with E-state index in [0.29, 0.717) is 22.3 Å². The number of benzene rings is 3. The number of methoxy groups -OCH3 is 2. The maximum absolute atomic E-state index is 12.7. The Bertz CT molecular complexity index is 1300. The van der Waals surface area contributed by atoms with E-state index in [-0.39, 0.29) is 17.2 Å². The number of nitrogens with zero attached hydrogens (tertiary/aromatic N) is 4. The van der Waals surface area contributed by atoms with Gasteiger partial charge in [-0.3, -0.25) is 19.5 Å². The summed E-state index contributed by atoms with van der Waals surface area (Å²) in [6.07, 6.45) is 0. The fourth-order valence-electron chi connectivity index (χ4n) is 3.24. The Morgan fingerprint density at radius 2 is 1.50 bits per heavy atom. The predicted molar refractivity (Wildman–Crippen MR) is 128 cm³/mol. The van der Waals surface area contributed by atoms with Crippen molar-refractivity contribution in [2.24, 2.45) is 0 Å². The van der Waals surface area contributed by atoms with Gasteiger partial charge in [0.2, 0.25) is 0 Å². The van der Waals surface area contributed by atoms with Gasteiger partial charge in [0, 0.05) is 28.9 Å². The van der Waals surface area contributed by atoms with Gasteiger partial charge in [-0.05, 0) is 60.7 Å². The average Bonchev–Trinajstić information content (AvgIpc) is 3.31. The molecule has 34 heavy (non-hydrogen) atoms. The van der Waals surface area contributed by atoms with Gasteiger partial charge in [0.15, 0.2) is 16.8 Å². The molecule has 0 aliphatic carbocycles. The minimum atomic E-state index is -0.499. The molecular formula is C24H20N4O5S. The van der Waals surface area contributed by atoms with Crippen LogP contribution in [0.1, 0.15) is 10.4 Å². The number of nitro groups is 1. The number of rotatable bonds is 9. The molecule has 0 saturated heterocycles. The summed E-state index contributed by atoms with van der Waals surface area (Å²) in [6.45, 7) is 0. The van der Waals surface area contributed by atoms with Crippen molar-refractivity contribution in [3.63, 3.8) is 0 Å². The lowest BCUT2D eigenvalue weighted by Gasteiger charge is -2.11. The number of hydrogen-bond acceptors (Lipinski definition) is 8. The Morgan fingerprint density at radius 3 is 2.06 bits per heavy atom. The van der Waals surface area contributed by atoms with E-state index in [1.54, 1.807) is 14.2 Å². The molecule has 0 fully saturated rings. The third-order valence-corrected chi connectivity index (χ3v) is 5.97. The van der Waals surface area contributed by atoms with Crippen LogP contribution in [0.3, 0.4) is 0 Å². The van der Waals surface area contributed by atoms with E-state index in [1.807, 2.05) is 53.1 Å². The van der Waals surface area contributed by atoms with E-state index >= 15 is 0 Å². The quantitative estimate of drug-likeness (QED) is 0.146. The number of non-ortho nitro benzene ring substituents is 1.